The van der Waals surface area contributed by atoms with Crippen molar-refractivity contribution in [2.24, 2.45) is 0 Å². The van der Waals surface area contributed by atoms with Crippen LogP contribution in [0.15, 0.2) is 53.4 Å². The maximum absolute atomic E-state index is 13.6. The topological polar surface area (TPSA) is 104 Å². The van der Waals surface area contributed by atoms with E-state index >= 15 is 0 Å². The van der Waals surface area contributed by atoms with Crippen LogP contribution in [0.1, 0.15) is 67.8 Å². The molecule has 1 atom stereocenters. The van der Waals surface area contributed by atoms with Crippen LogP contribution in [0.5, 0.6) is 0 Å². The van der Waals surface area contributed by atoms with Crippen molar-refractivity contribution in [1.82, 2.24) is 14.5 Å². The van der Waals surface area contributed by atoms with Crippen molar-refractivity contribution in [2.75, 3.05) is 6.54 Å². The average molecular weight is 546 g/mol. The van der Waals surface area contributed by atoms with Gasteiger partial charge in [-0.3, -0.25) is 14.4 Å². The Morgan fingerprint density at radius 3 is 2.43 bits per heavy atom. The maximum Gasteiger partial charge on any atom is 0.269 e. The second kappa shape index (κ2) is 11.6. The molecule has 0 aromatic heterocycles. The maximum atomic E-state index is 13.6. The van der Waals surface area contributed by atoms with E-state index in [9.17, 15) is 22.8 Å². The van der Waals surface area contributed by atoms with E-state index in [1.54, 1.807) is 36.4 Å². The van der Waals surface area contributed by atoms with E-state index < -0.39 is 27.9 Å². The van der Waals surface area contributed by atoms with Crippen LogP contribution < -0.4 is 5.32 Å². The Labute approximate surface area is 223 Å². The third kappa shape index (κ3) is 5.83. The fourth-order valence-electron chi connectivity index (χ4n) is 5.07. The smallest absolute Gasteiger partial charge is 0.269 e. The summed E-state index contributed by atoms with van der Waals surface area (Å²) in [5.41, 5.74) is 0.778. The number of rotatable bonds is 9. The van der Waals surface area contributed by atoms with Crippen LogP contribution in [0.2, 0.25) is 5.02 Å². The number of hydrogen-bond acceptors (Lipinski definition) is 5. The lowest BCUT2D eigenvalue weighted by molar-refractivity contribution is -0.141. The largest absolute Gasteiger partial charge is 0.352 e. The Kier molecular flexibility index (Phi) is 8.54. The van der Waals surface area contributed by atoms with Gasteiger partial charge in [0.05, 0.1) is 5.56 Å². The van der Waals surface area contributed by atoms with Crippen LogP contribution in [-0.2, 0) is 26.2 Å². The summed E-state index contributed by atoms with van der Waals surface area (Å²) < 4.78 is 26.6. The lowest BCUT2D eigenvalue weighted by Gasteiger charge is -2.33. The van der Waals surface area contributed by atoms with Gasteiger partial charge in [0.15, 0.2) is 0 Å². The summed E-state index contributed by atoms with van der Waals surface area (Å²) in [6.45, 7) is 1.62. The number of hydrogen-bond donors (Lipinski definition) is 1. The number of nitrogens with one attached hydrogen (secondary N) is 1. The highest BCUT2D eigenvalue weighted by atomic mass is 35.5. The summed E-state index contributed by atoms with van der Waals surface area (Å²) in [4.78, 5) is 41.1. The standard InChI is InChI=1S/C27H32ClN3O5S/c1-2-23(26(33)29-20-11-4-3-5-12-20)30(18-19-10-6-8-14-22(19)28)25(32)16-17-31-27(34)21-13-7-9-15-24(21)37(31,35)36/h6-10,13-15,20,23H,2-5,11-12,16-18H2,1H3,(H,29,33)/t23-/m0/s1. The third-order valence-electron chi connectivity index (χ3n) is 7.08. The normalized spacial score (nSPS) is 17.8. The Balaban J connectivity index is 1.54. The molecule has 2 aromatic rings. The molecule has 0 bridgehead atoms. The number of halogens is 1. The molecule has 2 aromatic carbocycles. The van der Waals surface area contributed by atoms with Gasteiger partial charge in [0, 0.05) is 30.6 Å². The highest BCUT2D eigenvalue weighted by molar-refractivity contribution is 7.90. The number of amides is 3. The Morgan fingerprint density at radius 2 is 1.76 bits per heavy atom. The van der Waals surface area contributed by atoms with Gasteiger partial charge in [-0.15, -0.1) is 0 Å². The molecule has 37 heavy (non-hydrogen) atoms. The van der Waals surface area contributed by atoms with Crippen LogP contribution in [-0.4, -0.2) is 54.0 Å². The molecule has 1 heterocycles. The van der Waals surface area contributed by atoms with E-state index in [-0.39, 0.29) is 41.9 Å². The quantitative estimate of drug-likeness (QED) is 0.510. The average Bonchev–Trinajstić information content (AvgIpc) is 3.09. The molecule has 0 unspecified atom stereocenters. The minimum Gasteiger partial charge on any atom is -0.352 e. The monoisotopic (exact) mass is 545 g/mol. The summed E-state index contributed by atoms with van der Waals surface area (Å²) in [6, 6.07) is 12.4. The van der Waals surface area contributed by atoms with Gasteiger partial charge in [-0.2, -0.15) is 0 Å². The molecule has 1 aliphatic heterocycles. The molecule has 0 radical (unpaired) electrons. The highest BCUT2D eigenvalue weighted by Gasteiger charge is 2.41. The molecule has 1 fully saturated rings. The van der Waals surface area contributed by atoms with Crippen LogP contribution in [0.25, 0.3) is 0 Å². The summed E-state index contributed by atoms with van der Waals surface area (Å²) in [5.74, 6) is -1.31. The number of benzene rings is 2. The van der Waals surface area contributed by atoms with Crippen molar-refractivity contribution in [2.45, 2.75) is 75.4 Å². The van der Waals surface area contributed by atoms with Gasteiger partial charge >= 0.3 is 0 Å². The van der Waals surface area contributed by atoms with E-state index in [0.717, 1.165) is 36.4 Å². The van der Waals surface area contributed by atoms with Crippen LogP contribution in [0.3, 0.4) is 0 Å². The second-order valence-electron chi connectivity index (χ2n) is 9.51. The summed E-state index contributed by atoms with van der Waals surface area (Å²) in [7, 11) is -4.03. The van der Waals surface area contributed by atoms with E-state index in [0.29, 0.717) is 17.0 Å². The van der Waals surface area contributed by atoms with Crippen molar-refractivity contribution in [3.63, 3.8) is 0 Å². The van der Waals surface area contributed by atoms with Gasteiger partial charge in [0.1, 0.15) is 10.9 Å². The fraction of sp³-hybridized carbons (Fsp3) is 0.444. The molecule has 4 rings (SSSR count). The minimum absolute atomic E-state index is 0.0568. The zero-order valence-corrected chi connectivity index (χ0v) is 22.4. The third-order valence-corrected chi connectivity index (χ3v) is 9.29. The SMILES string of the molecule is CC[C@@H](C(=O)NC1CCCCC1)N(Cc1ccccc1Cl)C(=O)CCN1C(=O)c2ccccc2S1(=O)=O. The van der Waals surface area contributed by atoms with Crippen molar-refractivity contribution < 1.29 is 22.8 Å². The van der Waals surface area contributed by atoms with Crippen molar-refractivity contribution in [3.05, 3.63) is 64.7 Å². The predicted octanol–water partition coefficient (Wildman–Crippen LogP) is 4.13. The van der Waals surface area contributed by atoms with Crippen molar-refractivity contribution in [1.29, 1.82) is 0 Å². The van der Waals surface area contributed by atoms with E-state index in [4.69, 9.17) is 11.6 Å². The van der Waals surface area contributed by atoms with Gasteiger partial charge in [0.25, 0.3) is 15.9 Å². The summed E-state index contributed by atoms with van der Waals surface area (Å²) >= 11 is 6.37. The molecule has 0 saturated heterocycles. The van der Waals surface area contributed by atoms with E-state index in [2.05, 4.69) is 5.32 Å². The molecule has 1 aliphatic carbocycles. The number of fused-ring (bicyclic) bond motifs is 1. The molecule has 2 aliphatic rings. The van der Waals surface area contributed by atoms with Gasteiger partial charge in [-0.25, -0.2) is 12.7 Å². The first kappa shape index (κ1) is 27.1. The molecule has 198 valence electrons. The van der Waals surface area contributed by atoms with Crippen LogP contribution in [0.4, 0.5) is 0 Å². The molecule has 10 heteroatoms. The molecule has 8 nitrogen and oxygen atoms in total. The highest BCUT2D eigenvalue weighted by Crippen LogP contribution is 2.30. The lowest BCUT2D eigenvalue weighted by atomic mass is 9.95. The molecule has 3 amide bonds. The zero-order chi connectivity index (χ0) is 26.6. The zero-order valence-electron chi connectivity index (χ0n) is 20.9. The molecular formula is C27H32ClN3O5S. The molecular weight excluding hydrogens is 514 g/mol. The molecule has 1 N–H and O–H groups in total. The number of carbonyl (C=O) groups is 3. The molecule has 1 saturated carbocycles. The number of carbonyl (C=O) groups excluding carboxylic acids is 3. The number of sulfonamides is 1. The van der Waals surface area contributed by atoms with Crippen molar-refractivity contribution in [3.8, 4) is 0 Å². The minimum atomic E-state index is -4.03. The van der Waals surface area contributed by atoms with Gasteiger partial charge in [-0.05, 0) is 43.0 Å². The second-order valence-corrected chi connectivity index (χ2v) is 11.7. The lowest BCUT2D eigenvalue weighted by Crippen LogP contribution is -2.52. The first-order valence-corrected chi connectivity index (χ1v) is 14.5. The first-order valence-electron chi connectivity index (χ1n) is 12.7. The van der Waals surface area contributed by atoms with E-state index in [1.807, 2.05) is 6.92 Å². The van der Waals surface area contributed by atoms with E-state index in [1.165, 1.54) is 17.0 Å². The Bertz CT molecular complexity index is 1280. The van der Waals surface area contributed by atoms with Crippen molar-refractivity contribution >= 4 is 39.3 Å². The summed E-state index contributed by atoms with van der Waals surface area (Å²) in [6.07, 6.45) is 5.22. The first-order chi connectivity index (χ1) is 17.7. The van der Waals surface area contributed by atoms with Gasteiger partial charge in [0.2, 0.25) is 11.8 Å². The van der Waals surface area contributed by atoms with Gasteiger partial charge < -0.3 is 10.2 Å². The van der Waals surface area contributed by atoms with Gasteiger partial charge in [-0.1, -0.05) is 68.1 Å². The Hall–Kier alpha value is -2.91. The summed E-state index contributed by atoms with van der Waals surface area (Å²) in [5, 5.41) is 3.58. The molecule has 0 spiro atoms. The predicted molar refractivity (Wildman–Crippen MR) is 140 cm³/mol. The van der Waals surface area contributed by atoms with Crippen LogP contribution in [0, 0.1) is 0 Å². The van der Waals surface area contributed by atoms with Crippen LogP contribution >= 0.6 is 11.6 Å². The number of nitrogens with zero attached hydrogens (tertiary/aromatic N) is 2. The fourth-order valence-corrected chi connectivity index (χ4v) is 6.83. The Morgan fingerprint density at radius 1 is 1.08 bits per heavy atom.